The van der Waals surface area contributed by atoms with E-state index in [9.17, 15) is 0 Å². The van der Waals surface area contributed by atoms with E-state index in [2.05, 4.69) is 35.0 Å². The number of benzene rings is 1. The molecule has 2 aliphatic rings. The summed E-state index contributed by atoms with van der Waals surface area (Å²) in [5.41, 5.74) is 2.63. The Kier molecular flexibility index (Phi) is 3.70. The van der Waals surface area contributed by atoms with Crippen LogP contribution < -0.4 is 0 Å². The van der Waals surface area contributed by atoms with Crippen molar-refractivity contribution >= 4 is 10.9 Å². The molecule has 2 saturated heterocycles. The van der Waals surface area contributed by atoms with Crippen molar-refractivity contribution in [1.82, 2.24) is 4.57 Å². The summed E-state index contributed by atoms with van der Waals surface area (Å²) in [5.74, 6) is 0. The third-order valence-corrected chi connectivity index (χ3v) is 4.76. The van der Waals surface area contributed by atoms with Gasteiger partial charge in [-0.2, -0.15) is 0 Å². The molecule has 0 N–H and O–H groups in total. The molecule has 3 heterocycles. The van der Waals surface area contributed by atoms with Gasteiger partial charge in [-0.3, -0.25) is 0 Å². The van der Waals surface area contributed by atoms with Crippen LogP contribution in [0.25, 0.3) is 10.9 Å². The van der Waals surface area contributed by atoms with Crippen molar-refractivity contribution in [3.63, 3.8) is 0 Å². The summed E-state index contributed by atoms with van der Waals surface area (Å²) >= 11 is 0. The van der Waals surface area contributed by atoms with Crippen molar-refractivity contribution in [3.05, 3.63) is 36.0 Å². The van der Waals surface area contributed by atoms with Gasteiger partial charge in [-0.15, -0.1) is 0 Å². The maximum Gasteiger partial charge on any atom is 0.133 e. The number of hydrogen-bond acceptors (Lipinski definition) is 2. The zero-order valence-electron chi connectivity index (χ0n) is 12.5. The highest BCUT2D eigenvalue weighted by Gasteiger charge is 2.24. The molecule has 2 aliphatic heterocycles. The van der Waals surface area contributed by atoms with Crippen molar-refractivity contribution in [1.29, 1.82) is 0 Å². The number of rotatable bonds is 2. The molecule has 2 fully saturated rings. The van der Waals surface area contributed by atoms with E-state index in [0.717, 1.165) is 26.1 Å². The molecule has 3 nitrogen and oxygen atoms in total. The zero-order chi connectivity index (χ0) is 14.1. The molecular formula is C18H23NO2. The lowest BCUT2D eigenvalue weighted by molar-refractivity contribution is -0.0298. The minimum atomic E-state index is 0.195. The number of ether oxygens (including phenoxy) is 2. The third-order valence-electron chi connectivity index (χ3n) is 4.76. The minimum absolute atomic E-state index is 0.195. The number of hydrogen-bond donors (Lipinski definition) is 0. The predicted octanol–water partition coefficient (Wildman–Crippen LogP) is 4.58. The van der Waals surface area contributed by atoms with Crippen LogP contribution in [0.3, 0.4) is 0 Å². The molecule has 2 atom stereocenters. The average Bonchev–Trinajstić information content (AvgIpc) is 2.96. The number of aromatic nitrogens is 1. The van der Waals surface area contributed by atoms with E-state index in [-0.39, 0.29) is 12.3 Å². The number of nitrogens with zero attached hydrogens (tertiary/aromatic N) is 1. The second-order valence-corrected chi connectivity index (χ2v) is 6.19. The molecule has 0 amide bonds. The Balaban J connectivity index is 1.76. The van der Waals surface area contributed by atoms with Gasteiger partial charge >= 0.3 is 0 Å². The van der Waals surface area contributed by atoms with Gasteiger partial charge in [0.25, 0.3) is 0 Å². The smallest absolute Gasteiger partial charge is 0.133 e. The van der Waals surface area contributed by atoms with Gasteiger partial charge in [0, 0.05) is 30.4 Å². The molecule has 3 heteroatoms. The fourth-order valence-corrected chi connectivity index (χ4v) is 3.66. The predicted molar refractivity (Wildman–Crippen MR) is 83.3 cm³/mol. The zero-order valence-corrected chi connectivity index (χ0v) is 12.5. The van der Waals surface area contributed by atoms with Crippen LogP contribution in [-0.2, 0) is 9.47 Å². The summed E-state index contributed by atoms with van der Waals surface area (Å²) in [6.07, 6.45) is 9.90. The Labute approximate surface area is 125 Å². The maximum absolute atomic E-state index is 6.02. The third kappa shape index (κ3) is 2.49. The van der Waals surface area contributed by atoms with Gasteiger partial charge in [-0.1, -0.05) is 18.2 Å². The van der Waals surface area contributed by atoms with E-state index in [1.165, 1.54) is 42.1 Å². The van der Waals surface area contributed by atoms with E-state index < -0.39 is 0 Å². The van der Waals surface area contributed by atoms with Crippen LogP contribution in [0.4, 0.5) is 0 Å². The Bertz CT molecular complexity index is 555. The molecular weight excluding hydrogens is 262 g/mol. The molecule has 21 heavy (non-hydrogen) atoms. The number of fused-ring (bicyclic) bond motifs is 1. The van der Waals surface area contributed by atoms with Gasteiger partial charge in [0.2, 0.25) is 0 Å². The summed E-state index contributed by atoms with van der Waals surface area (Å²) in [4.78, 5) is 0. The second kappa shape index (κ2) is 5.82. The van der Waals surface area contributed by atoms with Crippen molar-refractivity contribution in [2.75, 3.05) is 13.2 Å². The van der Waals surface area contributed by atoms with Gasteiger partial charge in [0.05, 0.1) is 11.6 Å². The molecule has 1 aromatic carbocycles. The molecule has 0 spiro atoms. The second-order valence-electron chi connectivity index (χ2n) is 6.19. The summed E-state index contributed by atoms with van der Waals surface area (Å²) in [5, 5.41) is 1.33. The largest absolute Gasteiger partial charge is 0.373 e. The van der Waals surface area contributed by atoms with Crippen LogP contribution in [0.1, 0.15) is 56.4 Å². The summed E-state index contributed by atoms with van der Waals surface area (Å²) in [6, 6.07) is 8.68. The van der Waals surface area contributed by atoms with Crippen LogP contribution in [0.2, 0.25) is 0 Å². The summed E-state index contributed by atoms with van der Waals surface area (Å²) in [6.45, 7) is 1.77. The fraction of sp³-hybridized carbons (Fsp3) is 0.556. The monoisotopic (exact) mass is 285 g/mol. The summed E-state index contributed by atoms with van der Waals surface area (Å²) in [7, 11) is 0. The van der Waals surface area contributed by atoms with E-state index >= 15 is 0 Å². The SMILES string of the molecule is c1ccc2c(c1)c([C@H]1CCCCO1)cn2[C@H]1CCCCO1. The minimum Gasteiger partial charge on any atom is -0.373 e. The highest BCUT2D eigenvalue weighted by molar-refractivity contribution is 5.84. The van der Waals surface area contributed by atoms with Gasteiger partial charge in [0.15, 0.2) is 0 Å². The highest BCUT2D eigenvalue weighted by Crippen LogP contribution is 2.36. The molecule has 0 bridgehead atoms. The Morgan fingerprint density at radius 1 is 0.905 bits per heavy atom. The lowest BCUT2D eigenvalue weighted by atomic mass is 10.0. The molecule has 112 valence electrons. The molecule has 0 unspecified atom stereocenters. The lowest BCUT2D eigenvalue weighted by Gasteiger charge is -2.25. The Morgan fingerprint density at radius 2 is 1.71 bits per heavy atom. The first-order chi connectivity index (χ1) is 10.4. The van der Waals surface area contributed by atoms with Crippen LogP contribution in [-0.4, -0.2) is 17.8 Å². The van der Waals surface area contributed by atoms with Gasteiger partial charge in [0.1, 0.15) is 6.23 Å². The molecule has 4 rings (SSSR count). The Hall–Kier alpha value is -1.32. The van der Waals surface area contributed by atoms with Gasteiger partial charge < -0.3 is 14.0 Å². The van der Waals surface area contributed by atoms with Crippen molar-refractivity contribution in [3.8, 4) is 0 Å². The first kappa shape index (κ1) is 13.4. The van der Waals surface area contributed by atoms with E-state index in [0.29, 0.717) is 0 Å². The van der Waals surface area contributed by atoms with Gasteiger partial charge in [-0.05, 0) is 44.6 Å². The van der Waals surface area contributed by atoms with Crippen LogP contribution >= 0.6 is 0 Å². The quantitative estimate of drug-likeness (QED) is 0.806. The first-order valence-electron chi connectivity index (χ1n) is 8.26. The van der Waals surface area contributed by atoms with Crippen molar-refractivity contribution in [2.24, 2.45) is 0 Å². The van der Waals surface area contributed by atoms with Gasteiger partial charge in [-0.25, -0.2) is 0 Å². The molecule has 0 radical (unpaired) electrons. The topological polar surface area (TPSA) is 23.4 Å². The van der Waals surface area contributed by atoms with Crippen LogP contribution in [0.15, 0.2) is 30.5 Å². The van der Waals surface area contributed by atoms with Crippen molar-refractivity contribution < 1.29 is 9.47 Å². The lowest BCUT2D eigenvalue weighted by Crippen LogP contribution is -2.17. The van der Waals surface area contributed by atoms with Crippen LogP contribution in [0.5, 0.6) is 0 Å². The normalized spacial score (nSPS) is 27.0. The number of para-hydroxylation sites is 1. The van der Waals surface area contributed by atoms with E-state index in [1.54, 1.807) is 0 Å². The van der Waals surface area contributed by atoms with Crippen molar-refractivity contribution in [2.45, 2.75) is 50.9 Å². The average molecular weight is 285 g/mol. The molecule has 2 aromatic rings. The van der Waals surface area contributed by atoms with Crippen LogP contribution in [0, 0.1) is 0 Å². The standard InChI is InChI=1S/C18H23NO2/c1-2-8-16-14(7-1)15(17-9-3-5-11-20-17)13-19(16)18-10-4-6-12-21-18/h1-2,7-8,13,17-18H,3-6,9-12H2/t17-,18-/m1/s1. The highest BCUT2D eigenvalue weighted by atomic mass is 16.5. The molecule has 0 aliphatic carbocycles. The molecule has 1 aromatic heterocycles. The molecule has 0 saturated carbocycles. The summed E-state index contributed by atoms with van der Waals surface area (Å²) < 4.78 is 14.3. The fourth-order valence-electron chi connectivity index (χ4n) is 3.66. The maximum atomic E-state index is 6.02. The first-order valence-corrected chi connectivity index (χ1v) is 8.26. The van der Waals surface area contributed by atoms with E-state index in [4.69, 9.17) is 9.47 Å². The Morgan fingerprint density at radius 3 is 2.48 bits per heavy atom. The van der Waals surface area contributed by atoms with E-state index in [1.807, 2.05) is 0 Å².